The Morgan fingerprint density at radius 1 is 1.16 bits per heavy atom. The van der Waals surface area contributed by atoms with E-state index in [2.05, 4.69) is 31.3 Å². The van der Waals surface area contributed by atoms with Gasteiger partial charge in [0.15, 0.2) is 0 Å². The highest BCUT2D eigenvalue weighted by atomic mass is 35.5. The van der Waals surface area contributed by atoms with Crippen LogP contribution in [0.1, 0.15) is 46.0 Å². The zero-order valence-corrected chi connectivity index (χ0v) is 13.7. The summed E-state index contributed by atoms with van der Waals surface area (Å²) in [5, 5.41) is 4.52. The number of hydrogen-bond donors (Lipinski definition) is 1. The van der Waals surface area contributed by atoms with Crippen molar-refractivity contribution in [2.75, 3.05) is 12.3 Å². The van der Waals surface area contributed by atoms with Crippen molar-refractivity contribution >= 4 is 23.4 Å². The second-order valence-corrected chi connectivity index (χ2v) is 6.36. The van der Waals surface area contributed by atoms with E-state index in [1.54, 1.807) is 0 Å². The summed E-state index contributed by atoms with van der Waals surface area (Å²) in [5.74, 6) is 1.10. The van der Waals surface area contributed by atoms with Crippen LogP contribution < -0.4 is 5.32 Å². The Bertz CT molecular complexity index is 343. The Morgan fingerprint density at radius 3 is 2.63 bits per heavy atom. The fourth-order valence-corrected chi connectivity index (χ4v) is 3.33. The summed E-state index contributed by atoms with van der Waals surface area (Å²) in [6, 6.07) is 8.72. The van der Waals surface area contributed by atoms with Gasteiger partial charge in [-0.25, -0.2) is 0 Å². The molecule has 1 aromatic carbocycles. The SMILES string of the molecule is CCCCCC(CSc1ccccc1Cl)NCCC. The highest BCUT2D eigenvalue weighted by Crippen LogP contribution is 2.27. The van der Waals surface area contributed by atoms with E-state index in [1.807, 2.05) is 23.9 Å². The Balaban J connectivity index is 2.40. The molecule has 1 nitrogen and oxygen atoms in total. The average molecular weight is 300 g/mol. The molecule has 3 heteroatoms. The first-order valence-corrected chi connectivity index (χ1v) is 8.75. The van der Waals surface area contributed by atoms with E-state index in [9.17, 15) is 0 Å². The van der Waals surface area contributed by atoms with Crippen LogP contribution >= 0.6 is 23.4 Å². The standard InChI is InChI=1S/C16H26ClNS/c1-3-5-6-9-14(18-12-4-2)13-19-16-11-8-7-10-15(16)17/h7-8,10-11,14,18H,3-6,9,12-13H2,1-2H3. The van der Waals surface area contributed by atoms with Gasteiger partial charge in [0.2, 0.25) is 0 Å². The summed E-state index contributed by atoms with van der Waals surface area (Å²) < 4.78 is 0. The number of nitrogens with one attached hydrogen (secondary N) is 1. The highest BCUT2D eigenvalue weighted by Gasteiger charge is 2.09. The number of thioether (sulfide) groups is 1. The molecule has 0 aliphatic rings. The van der Waals surface area contributed by atoms with Crippen molar-refractivity contribution in [1.29, 1.82) is 0 Å². The molecule has 0 aliphatic heterocycles. The van der Waals surface area contributed by atoms with E-state index in [-0.39, 0.29) is 0 Å². The molecule has 0 saturated heterocycles. The molecule has 0 heterocycles. The van der Waals surface area contributed by atoms with Gasteiger partial charge in [-0.2, -0.15) is 0 Å². The minimum absolute atomic E-state index is 0.604. The summed E-state index contributed by atoms with van der Waals surface area (Å²) in [5.41, 5.74) is 0. The number of rotatable bonds is 10. The van der Waals surface area contributed by atoms with Gasteiger partial charge in [-0.15, -0.1) is 11.8 Å². The van der Waals surface area contributed by atoms with Crippen LogP contribution in [0.4, 0.5) is 0 Å². The lowest BCUT2D eigenvalue weighted by atomic mass is 10.1. The molecule has 0 radical (unpaired) electrons. The average Bonchev–Trinajstić information content (AvgIpc) is 2.43. The maximum atomic E-state index is 6.20. The second-order valence-electron chi connectivity index (χ2n) is 4.89. The molecule has 108 valence electrons. The molecular formula is C16H26ClNS. The van der Waals surface area contributed by atoms with Crippen LogP contribution in [0.5, 0.6) is 0 Å². The number of hydrogen-bond acceptors (Lipinski definition) is 2. The fourth-order valence-electron chi connectivity index (χ4n) is 1.99. The van der Waals surface area contributed by atoms with E-state index in [0.717, 1.165) is 17.3 Å². The molecule has 1 atom stereocenters. The third-order valence-electron chi connectivity index (χ3n) is 3.12. The van der Waals surface area contributed by atoms with Gasteiger partial charge in [0.05, 0.1) is 5.02 Å². The molecule has 0 saturated carbocycles. The molecule has 19 heavy (non-hydrogen) atoms. The maximum Gasteiger partial charge on any atom is 0.0541 e. The lowest BCUT2D eigenvalue weighted by Crippen LogP contribution is -2.31. The van der Waals surface area contributed by atoms with E-state index in [4.69, 9.17) is 11.6 Å². The molecule has 0 aromatic heterocycles. The number of halogens is 1. The first-order chi connectivity index (χ1) is 9.27. The zero-order valence-electron chi connectivity index (χ0n) is 12.1. The van der Waals surface area contributed by atoms with Gasteiger partial charge in [-0.05, 0) is 31.5 Å². The molecule has 0 amide bonds. The third kappa shape index (κ3) is 7.24. The molecule has 0 bridgehead atoms. The first-order valence-electron chi connectivity index (χ1n) is 7.38. The molecule has 1 unspecified atom stereocenters. The number of unbranched alkanes of at least 4 members (excludes halogenated alkanes) is 2. The quantitative estimate of drug-likeness (QED) is 0.460. The predicted molar refractivity (Wildman–Crippen MR) is 88.4 cm³/mol. The van der Waals surface area contributed by atoms with Gasteiger partial charge in [0, 0.05) is 16.7 Å². The van der Waals surface area contributed by atoms with Gasteiger partial charge in [-0.3, -0.25) is 0 Å². The Labute approximate surface area is 127 Å². The van der Waals surface area contributed by atoms with Crippen molar-refractivity contribution in [3.63, 3.8) is 0 Å². The minimum atomic E-state index is 0.604. The topological polar surface area (TPSA) is 12.0 Å². The van der Waals surface area contributed by atoms with Crippen molar-refractivity contribution in [2.24, 2.45) is 0 Å². The Morgan fingerprint density at radius 2 is 1.95 bits per heavy atom. The van der Waals surface area contributed by atoms with Crippen LogP contribution in [0, 0.1) is 0 Å². The van der Waals surface area contributed by atoms with Gasteiger partial charge >= 0.3 is 0 Å². The van der Waals surface area contributed by atoms with Gasteiger partial charge in [-0.1, -0.05) is 56.8 Å². The number of benzene rings is 1. The van der Waals surface area contributed by atoms with Crippen LogP contribution in [0.3, 0.4) is 0 Å². The zero-order chi connectivity index (χ0) is 13.9. The van der Waals surface area contributed by atoms with Crippen LogP contribution in [0.15, 0.2) is 29.2 Å². The minimum Gasteiger partial charge on any atom is -0.313 e. The molecule has 1 aromatic rings. The molecule has 0 spiro atoms. The lowest BCUT2D eigenvalue weighted by Gasteiger charge is -2.18. The summed E-state index contributed by atoms with van der Waals surface area (Å²) in [6.07, 6.45) is 6.41. The van der Waals surface area contributed by atoms with Crippen LogP contribution in [-0.4, -0.2) is 18.3 Å². The first kappa shape index (κ1) is 16.9. The van der Waals surface area contributed by atoms with Crippen LogP contribution in [-0.2, 0) is 0 Å². The summed E-state index contributed by atoms with van der Waals surface area (Å²) in [6.45, 7) is 5.59. The Hall–Kier alpha value is -0.180. The summed E-state index contributed by atoms with van der Waals surface area (Å²) >= 11 is 8.07. The van der Waals surface area contributed by atoms with E-state index < -0.39 is 0 Å². The molecule has 0 aliphatic carbocycles. The predicted octanol–water partition coefficient (Wildman–Crippen LogP) is 5.38. The van der Waals surface area contributed by atoms with E-state index in [0.29, 0.717) is 6.04 Å². The van der Waals surface area contributed by atoms with Gasteiger partial charge in [0.25, 0.3) is 0 Å². The Kier molecular flexibility index (Phi) is 9.40. The monoisotopic (exact) mass is 299 g/mol. The molecule has 0 fully saturated rings. The second kappa shape index (κ2) is 10.6. The third-order valence-corrected chi connectivity index (χ3v) is 4.79. The van der Waals surface area contributed by atoms with Crippen LogP contribution in [0.2, 0.25) is 5.02 Å². The fraction of sp³-hybridized carbons (Fsp3) is 0.625. The highest BCUT2D eigenvalue weighted by molar-refractivity contribution is 7.99. The summed E-state index contributed by atoms with van der Waals surface area (Å²) in [4.78, 5) is 1.20. The van der Waals surface area contributed by atoms with Crippen molar-refractivity contribution in [3.05, 3.63) is 29.3 Å². The molecule has 1 N–H and O–H groups in total. The summed E-state index contributed by atoms with van der Waals surface area (Å²) in [7, 11) is 0. The van der Waals surface area contributed by atoms with Crippen molar-refractivity contribution in [2.45, 2.75) is 56.9 Å². The van der Waals surface area contributed by atoms with Gasteiger partial charge < -0.3 is 5.32 Å². The van der Waals surface area contributed by atoms with Crippen molar-refractivity contribution in [1.82, 2.24) is 5.32 Å². The normalized spacial score (nSPS) is 12.6. The molecule has 1 rings (SSSR count). The largest absolute Gasteiger partial charge is 0.313 e. The maximum absolute atomic E-state index is 6.20. The van der Waals surface area contributed by atoms with E-state index >= 15 is 0 Å². The van der Waals surface area contributed by atoms with Gasteiger partial charge in [0.1, 0.15) is 0 Å². The van der Waals surface area contributed by atoms with Crippen molar-refractivity contribution in [3.8, 4) is 0 Å². The van der Waals surface area contributed by atoms with Crippen LogP contribution in [0.25, 0.3) is 0 Å². The van der Waals surface area contributed by atoms with E-state index in [1.165, 1.54) is 37.0 Å². The lowest BCUT2D eigenvalue weighted by molar-refractivity contribution is 0.493. The van der Waals surface area contributed by atoms with Crippen molar-refractivity contribution < 1.29 is 0 Å². The molecular weight excluding hydrogens is 274 g/mol. The smallest absolute Gasteiger partial charge is 0.0541 e.